The molecule has 0 aromatic carbocycles. The second-order valence-corrected chi connectivity index (χ2v) is 9.67. The zero-order valence-corrected chi connectivity index (χ0v) is 17.0. The molecule has 9 heteroatoms. The molecule has 0 saturated heterocycles. The molecule has 1 saturated carbocycles. The Kier molecular flexibility index (Phi) is 4.26. The Morgan fingerprint density at radius 2 is 2.08 bits per heavy atom. The van der Waals surface area contributed by atoms with Gasteiger partial charge in [0.25, 0.3) is 0 Å². The Hall–Kier alpha value is -1.61. The second-order valence-electron chi connectivity index (χ2n) is 7.66. The van der Waals surface area contributed by atoms with Crippen molar-refractivity contribution in [1.29, 1.82) is 0 Å². The molecule has 2 aliphatic carbocycles. The smallest absolute Gasteiger partial charge is 0.236 e. The van der Waals surface area contributed by atoms with Crippen molar-refractivity contribution in [2.24, 2.45) is 5.41 Å². The van der Waals surface area contributed by atoms with E-state index in [9.17, 15) is 4.79 Å². The number of amides is 1. The van der Waals surface area contributed by atoms with Gasteiger partial charge in [0.1, 0.15) is 5.01 Å². The van der Waals surface area contributed by atoms with E-state index in [1.807, 2.05) is 6.92 Å². The SMILES string of the molecule is CCc1nnc(NC(=O)CSc2nnc3c(n2)[C@]2(C)CC[C@@H]3C2(C)C)s1. The molecule has 2 aromatic rings. The van der Waals surface area contributed by atoms with Gasteiger partial charge in [-0.15, -0.1) is 15.3 Å². The first-order valence-electron chi connectivity index (χ1n) is 8.85. The van der Waals surface area contributed by atoms with Crippen LogP contribution in [0.25, 0.3) is 0 Å². The summed E-state index contributed by atoms with van der Waals surface area (Å²) < 4.78 is 0. The largest absolute Gasteiger partial charge is 0.300 e. The molecule has 26 heavy (non-hydrogen) atoms. The zero-order valence-electron chi connectivity index (χ0n) is 15.4. The van der Waals surface area contributed by atoms with E-state index in [2.05, 4.69) is 46.5 Å². The van der Waals surface area contributed by atoms with Crippen molar-refractivity contribution in [3.05, 3.63) is 16.4 Å². The monoisotopic (exact) mass is 390 g/mol. The van der Waals surface area contributed by atoms with E-state index >= 15 is 0 Å². The number of thioether (sulfide) groups is 1. The first-order valence-corrected chi connectivity index (χ1v) is 10.7. The molecule has 1 fully saturated rings. The van der Waals surface area contributed by atoms with Crippen LogP contribution in [0, 0.1) is 5.41 Å². The molecule has 7 nitrogen and oxygen atoms in total. The van der Waals surface area contributed by atoms with Crippen molar-refractivity contribution >= 4 is 34.1 Å². The summed E-state index contributed by atoms with van der Waals surface area (Å²) >= 11 is 2.71. The lowest BCUT2D eigenvalue weighted by Crippen LogP contribution is -2.32. The summed E-state index contributed by atoms with van der Waals surface area (Å²) in [6.45, 7) is 8.91. The number of nitrogens with one attached hydrogen (secondary N) is 1. The lowest BCUT2D eigenvalue weighted by atomic mass is 9.70. The van der Waals surface area contributed by atoms with E-state index in [0.29, 0.717) is 16.2 Å². The predicted molar refractivity (Wildman–Crippen MR) is 102 cm³/mol. The molecule has 138 valence electrons. The van der Waals surface area contributed by atoms with Crippen LogP contribution in [0.2, 0.25) is 0 Å². The summed E-state index contributed by atoms with van der Waals surface area (Å²) in [6.07, 6.45) is 3.11. The number of anilines is 1. The molecule has 2 aromatic heterocycles. The minimum absolute atomic E-state index is 0.0453. The highest BCUT2D eigenvalue weighted by Gasteiger charge is 2.61. The standard InChI is InChI=1S/C17H22N6OS2/c1-5-11-20-23-15(26-11)18-10(24)8-25-14-19-13-12(21-22-14)9-6-7-17(13,4)16(9,2)3/h9H,5-8H2,1-4H3,(H,18,23,24)/t9-,17-/m0/s1. The number of carbonyl (C=O) groups excluding carboxylic acids is 1. The fourth-order valence-corrected chi connectivity index (χ4v) is 5.44. The summed E-state index contributed by atoms with van der Waals surface area (Å²) in [4.78, 5) is 16.9. The van der Waals surface area contributed by atoms with Gasteiger partial charge in [-0.05, 0) is 24.7 Å². The van der Waals surface area contributed by atoms with Crippen LogP contribution in [0.3, 0.4) is 0 Å². The highest BCUT2D eigenvalue weighted by atomic mass is 32.2. The highest BCUT2D eigenvalue weighted by molar-refractivity contribution is 7.99. The fraction of sp³-hybridized carbons (Fsp3) is 0.647. The summed E-state index contributed by atoms with van der Waals surface area (Å²) in [5.74, 6) is 0.534. The lowest BCUT2D eigenvalue weighted by molar-refractivity contribution is -0.113. The number of nitrogens with zero attached hydrogens (tertiary/aromatic N) is 5. The van der Waals surface area contributed by atoms with Crippen LogP contribution in [0.5, 0.6) is 0 Å². The summed E-state index contributed by atoms with van der Waals surface area (Å²) in [7, 11) is 0. The molecule has 0 radical (unpaired) electrons. The molecular formula is C17H22N6OS2. The molecule has 4 rings (SSSR count). The minimum Gasteiger partial charge on any atom is -0.300 e. The number of hydrogen-bond acceptors (Lipinski definition) is 8. The molecule has 1 N–H and O–H groups in total. The van der Waals surface area contributed by atoms with Crippen molar-refractivity contribution < 1.29 is 4.79 Å². The molecule has 2 atom stereocenters. The number of hydrogen-bond donors (Lipinski definition) is 1. The van der Waals surface area contributed by atoms with Gasteiger partial charge < -0.3 is 0 Å². The predicted octanol–water partition coefficient (Wildman–Crippen LogP) is 3.19. The molecule has 2 bridgehead atoms. The lowest BCUT2D eigenvalue weighted by Gasteiger charge is -2.33. The number of aromatic nitrogens is 5. The number of carbonyl (C=O) groups is 1. The van der Waals surface area contributed by atoms with Crippen LogP contribution in [0.1, 0.15) is 62.8 Å². The van der Waals surface area contributed by atoms with Gasteiger partial charge in [-0.1, -0.05) is 50.8 Å². The third-order valence-electron chi connectivity index (χ3n) is 6.12. The van der Waals surface area contributed by atoms with Crippen molar-refractivity contribution in [1.82, 2.24) is 25.4 Å². The summed E-state index contributed by atoms with van der Waals surface area (Å²) in [5, 5.41) is 21.5. The Morgan fingerprint density at radius 3 is 2.81 bits per heavy atom. The molecule has 0 spiro atoms. The highest BCUT2D eigenvalue weighted by Crippen LogP contribution is 2.66. The average Bonchev–Trinajstić information content (AvgIpc) is 3.20. The molecule has 0 unspecified atom stereocenters. The van der Waals surface area contributed by atoms with Gasteiger partial charge in [-0.2, -0.15) is 5.10 Å². The van der Waals surface area contributed by atoms with Gasteiger partial charge in [0, 0.05) is 11.3 Å². The van der Waals surface area contributed by atoms with Crippen molar-refractivity contribution in [2.45, 2.75) is 63.4 Å². The van der Waals surface area contributed by atoms with E-state index in [1.165, 1.54) is 23.1 Å². The van der Waals surface area contributed by atoms with E-state index in [4.69, 9.17) is 4.98 Å². The van der Waals surface area contributed by atoms with Gasteiger partial charge in [0.05, 0.1) is 17.1 Å². The van der Waals surface area contributed by atoms with Crippen molar-refractivity contribution in [3.8, 4) is 0 Å². The Labute approximate surface area is 160 Å². The Bertz CT molecular complexity index is 867. The summed E-state index contributed by atoms with van der Waals surface area (Å²) in [5.41, 5.74) is 2.34. The van der Waals surface area contributed by atoms with Crippen molar-refractivity contribution in [3.63, 3.8) is 0 Å². The molecular weight excluding hydrogens is 368 g/mol. The van der Waals surface area contributed by atoms with Crippen LogP contribution < -0.4 is 5.32 Å². The van der Waals surface area contributed by atoms with Gasteiger partial charge in [-0.3, -0.25) is 10.1 Å². The van der Waals surface area contributed by atoms with Crippen LogP contribution in [0.15, 0.2) is 5.16 Å². The molecule has 1 amide bonds. The third-order valence-corrected chi connectivity index (χ3v) is 7.94. The number of aryl methyl sites for hydroxylation is 1. The van der Waals surface area contributed by atoms with E-state index in [1.54, 1.807) is 0 Å². The van der Waals surface area contributed by atoms with Gasteiger partial charge in [0.15, 0.2) is 0 Å². The zero-order chi connectivity index (χ0) is 18.5. The molecule has 0 aliphatic heterocycles. The van der Waals surface area contributed by atoms with E-state index in [-0.39, 0.29) is 22.5 Å². The number of fused-ring (bicyclic) bond motifs is 5. The third kappa shape index (κ3) is 2.63. The maximum absolute atomic E-state index is 12.1. The van der Waals surface area contributed by atoms with Crippen LogP contribution in [-0.2, 0) is 16.6 Å². The maximum Gasteiger partial charge on any atom is 0.236 e. The molecule has 2 aliphatic rings. The average molecular weight is 391 g/mol. The maximum atomic E-state index is 12.1. The van der Waals surface area contributed by atoms with E-state index < -0.39 is 0 Å². The summed E-state index contributed by atoms with van der Waals surface area (Å²) in [6, 6.07) is 0. The first kappa shape index (κ1) is 17.8. The van der Waals surface area contributed by atoms with Crippen molar-refractivity contribution in [2.75, 3.05) is 11.1 Å². The normalized spacial score (nSPS) is 25.3. The topological polar surface area (TPSA) is 93.6 Å². The minimum atomic E-state index is -0.133. The Balaban J connectivity index is 1.44. The first-order chi connectivity index (χ1) is 12.3. The quantitative estimate of drug-likeness (QED) is 0.784. The van der Waals surface area contributed by atoms with E-state index in [0.717, 1.165) is 35.7 Å². The Morgan fingerprint density at radius 1 is 1.27 bits per heavy atom. The van der Waals surface area contributed by atoms with Gasteiger partial charge >= 0.3 is 0 Å². The van der Waals surface area contributed by atoms with Gasteiger partial charge in [-0.25, -0.2) is 4.98 Å². The fourth-order valence-electron chi connectivity index (χ4n) is 4.16. The molecule has 2 heterocycles. The second kappa shape index (κ2) is 6.23. The van der Waals surface area contributed by atoms with Crippen LogP contribution in [-0.4, -0.2) is 37.0 Å². The van der Waals surface area contributed by atoms with Gasteiger partial charge in [0.2, 0.25) is 16.2 Å². The van der Waals surface area contributed by atoms with Crippen LogP contribution >= 0.6 is 23.1 Å². The number of rotatable bonds is 5. The van der Waals surface area contributed by atoms with Crippen LogP contribution in [0.4, 0.5) is 5.13 Å².